The summed E-state index contributed by atoms with van der Waals surface area (Å²) >= 11 is 0. The largest absolute Gasteiger partial charge is 0.474 e. The number of nitrogens with zero attached hydrogens (tertiary/aromatic N) is 3. The summed E-state index contributed by atoms with van der Waals surface area (Å²) in [7, 11) is 0. The summed E-state index contributed by atoms with van der Waals surface area (Å²) in [6, 6.07) is 19.7. The van der Waals surface area contributed by atoms with E-state index < -0.39 is 11.6 Å². The van der Waals surface area contributed by atoms with Gasteiger partial charge in [-0.05, 0) is 36.2 Å². The molecular weight excluding hydrogens is 396 g/mol. The van der Waals surface area contributed by atoms with E-state index in [0.29, 0.717) is 11.4 Å². The van der Waals surface area contributed by atoms with Gasteiger partial charge in [0.25, 0.3) is 0 Å². The Morgan fingerprint density at radius 2 is 1.90 bits per heavy atom. The topological polar surface area (TPSA) is 49.1 Å². The highest BCUT2D eigenvalue weighted by molar-refractivity contribution is 5.29. The number of ether oxygens (including phenoxy) is 1. The Morgan fingerprint density at radius 1 is 1.10 bits per heavy atom. The minimum Gasteiger partial charge on any atom is -0.474 e. The summed E-state index contributed by atoms with van der Waals surface area (Å²) in [6.07, 6.45) is 1.27. The smallest absolute Gasteiger partial charge is 0.213 e. The van der Waals surface area contributed by atoms with Gasteiger partial charge in [0, 0.05) is 43.7 Å². The van der Waals surface area contributed by atoms with Crippen molar-refractivity contribution in [3.8, 4) is 11.9 Å². The minimum atomic E-state index is -0.842. The second-order valence-electron chi connectivity index (χ2n) is 7.94. The van der Waals surface area contributed by atoms with Crippen LogP contribution in [0.25, 0.3) is 0 Å². The van der Waals surface area contributed by atoms with E-state index in [9.17, 15) is 8.78 Å². The van der Waals surface area contributed by atoms with E-state index >= 15 is 0 Å². The SMILES string of the molecule is C[C@H](Oc1ccc(C#N)cn1)[C@H]1CN(Cc2ccccc2)C[C@@H]1c1ccc(F)c(F)c1. The average Bonchev–Trinajstić information content (AvgIpc) is 3.21. The molecule has 1 aromatic heterocycles. The van der Waals surface area contributed by atoms with E-state index in [0.717, 1.165) is 25.2 Å². The molecule has 158 valence electrons. The molecule has 0 aliphatic carbocycles. The first-order valence-corrected chi connectivity index (χ1v) is 10.3. The van der Waals surface area contributed by atoms with Gasteiger partial charge in [-0.2, -0.15) is 5.26 Å². The maximum absolute atomic E-state index is 14.0. The van der Waals surface area contributed by atoms with Crippen LogP contribution in [0.3, 0.4) is 0 Å². The van der Waals surface area contributed by atoms with Crippen LogP contribution in [0.4, 0.5) is 8.78 Å². The molecule has 0 saturated carbocycles. The standard InChI is InChI=1S/C25H23F2N3O/c1-17(31-25-10-7-19(12-28)13-29-25)21-15-30(14-18-5-3-2-4-6-18)16-22(21)20-8-9-23(26)24(27)11-20/h2-11,13,17,21-22H,14-16H2,1H3/t17-,21+,22+/m0/s1. The molecule has 1 aliphatic rings. The molecule has 2 heterocycles. The molecule has 0 spiro atoms. The van der Waals surface area contributed by atoms with Crippen molar-refractivity contribution in [1.29, 1.82) is 5.26 Å². The molecule has 0 bridgehead atoms. The van der Waals surface area contributed by atoms with Crippen LogP contribution in [-0.4, -0.2) is 29.1 Å². The number of halogens is 2. The lowest BCUT2D eigenvalue weighted by molar-refractivity contribution is 0.138. The van der Waals surface area contributed by atoms with Gasteiger partial charge < -0.3 is 4.74 Å². The number of pyridine rings is 1. The van der Waals surface area contributed by atoms with Crippen molar-refractivity contribution in [2.24, 2.45) is 5.92 Å². The van der Waals surface area contributed by atoms with E-state index in [2.05, 4.69) is 22.0 Å². The average molecular weight is 419 g/mol. The highest BCUT2D eigenvalue weighted by Crippen LogP contribution is 2.37. The Bertz CT molecular complexity index is 1070. The predicted octanol–water partition coefficient (Wildman–Crippen LogP) is 4.91. The molecule has 4 rings (SSSR count). The molecule has 6 heteroatoms. The molecule has 4 nitrogen and oxygen atoms in total. The lowest BCUT2D eigenvalue weighted by atomic mass is 9.85. The van der Waals surface area contributed by atoms with Gasteiger partial charge in [-0.1, -0.05) is 36.4 Å². The Balaban J connectivity index is 1.56. The number of nitriles is 1. The quantitative estimate of drug-likeness (QED) is 0.569. The second kappa shape index (κ2) is 9.23. The number of hydrogen-bond acceptors (Lipinski definition) is 4. The number of likely N-dealkylation sites (tertiary alicyclic amines) is 1. The van der Waals surface area contributed by atoms with E-state index in [-0.39, 0.29) is 17.9 Å². The van der Waals surface area contributed by atoms with Crippen molar-refractivity contribution in [2.75, 3.05) is 13.1 Å². The van der Waals surface area contributed by atoms with Crippen LogP contribution in [0.5, 0.6) is 5.88 Å². The van der Waals surface area contributed by atoms with Gasteiger partial charge in [0.1, 0.15) is 12.2 Å². The molecule has 1 aliphatic heterocycles. The maximum Gasteiger partial charge on any atom is 0.213 e. The molecule has 0 unspecified atom stereocenters. The van der Waals surface area contributed by atoms with E-state index in [1.54, 1.807) is 18.2 Å². The third-order valence-electron chi connectivity index (χ3n) is 5.84. The summed E-state index contributed by atoms with van der Waals surface area (Å²) in [5, 5.41) is 8.94. The fourth-order valence-electron chi connectivity index (χ4n) is 4.25. The Hall–Kier alpha value is -3.30. The zero-order chi connectivity index (χ0) is 21.8. The third kappa shape index (κ3) is 4.89. The van der Waals surface area contributed by atoms with Crippen molar-refractivity contribution >= 4 is 0 Å². The van der Waals surface area contributed by atoms with Gasteiger partial charge in [-0.25, -0.2) is 13.8 Å². The van der Waals surface area contributed by atoms with Gasteiger partial charge >= 0.3 is 0 Å². The van der Waals surface area contributed by atoms with Crippen molar-refractivity contribution in [2.45, 2.75) is 25.5 Å². The Labute approximate surface area is 180 Å². The highest BCUT2D eigenvalue weighted by atomic mass is 19.2. The van der Waals surface area contributed by atoms with Gasteiger partial charge in [0.15, 0.2) is 11.6 Å². The molecule has 1 saturated heterocycles. The van der Waals surface area contributed by atoms with E-state index in [4.69, 9.17) is 10.00 Å². The van der Waals surface area contributed by atoms with E-state index in [1.807, 2.05) is 31.2 Å². The van der Waals surface area contributed by atoms with Crippen LogP contribution in [0.15, 0.2) is 66.9 Å². The fourth-order valence-corrected chi connectivity index (χ4v) is 4.25. The molecular formula is C25H23F2N3O. The molecule has 0 amide bonds. The summed E-state index contributed by atoms with van der Waals surface area (Å²) in [4.78, 5) is 6.52. The van der Waals surface area contributed by atoms with E-state index in [1.165, 1.54) is 23.9 Å². The second-order valence-corrected chi connectivity index (χ2v) is 7.94. The van der Waals surface area contributed by atoms with Crippen molar-refractivity contribution in [3.05, 3.63) is 95.2 Å². The molecule has 2 aromatic carbocycles. The van der Waals surface area contributed by atoms with Crippen LogP contribution in [0.2, 0.25) is 0 Å². The summed E-state index contributed by atoms with van der Waals surface area (Å²) in [5.41, 5.74) is 2.44. The summed E-state index contributed by atoms with van der Waals surface area (Å²) < 4.78 is 33.6. The molecule has 31 heavy (non-hydrogen) atoms. The van der Waals surface area contributed by atoms with Crippen LogP contribution in [0.1, 0.15) is 29.5 Å². The van der Waals surface area contributed by atoms with Crippen molar-refractivity contribution in [3.63, 3.8) is 0 Å². The molecule has 0 N–H and O–H groups in total. The third-order valence-corrected chi connectivity index (χ3v) is 5.84. The van der Waals surface area contributed by atoms with Crippen LogP contribution in [0, 0.1) is 28.9 Å². The summed E-state index contributed by atoms with van der Waals surface area (Å²) in [6.45, 7) is 4.23. The minimum absolute atomic E-state index is 0.00723. The maximum atomic E-state index is 14.0. The van der Waals surface area contributed by atoms with Crippen LogP contribution in [-0.2, 0) is 6.54 Å². The highest BCUT2D eigenvalue weighted by Gasteiger charge is 2.38. The molecule has 1 fully saturated rings. The Kier molecular flexibility index (Phi) is 6.24. The molecule has 0 radical (unpaired) electrons. The van der Waals surface area contributed by atoms with Gasteiger partial charge in [-0.15, -0.1) is 0 Å². The van der Waals surface area contributed by atoms with Crippen LogP contribution < -0.4 is 4.74 Å². The number of rotatable bonds is 6. The first-order valence-electron chi connectivity index (χ1n) is 10.3. The zero-order valence-corrected chi connectivity index (χ0v) is 17.2. The first-order chi connectivity index (χ1) is 15.0. The fraction of sp³-hybridized carbons (Fsp3) is 0.280. The van der Waals surface area contributed by atoms with Crippen LogP contribution >= 0.6 is 0 Å². The van der Waals surface area contributed by atoms with Gasteiger partial charge in [0.2, 0.25) is 5.88 Å². The van der Waals surface area contributed by atoms with Gasteiger partial charge in [0.05, 0.1) is 5.56 Å². The lowest BCUT2D eigenvalue weighted by Crippen LogP contribution is -2.30. The summed E-state index contributed by atoms with van der Waals surface area (Å²) in [5.74, 6) is -1.18. The molecule has 3 aromatic rings. The number of aromatic nitrogens is 1. The Morgan fingerprint density at radius 3 is 2.58 bits per heavy atom. The van der Waals surface area contributed by atoms with Gasteiger partial charge in [-0.3, -0.25) is 4.90 Å². The van der Waals surface area contributed by atoms with Crippen molar-refractivity contribution < 1.29 is 13.5 Å². The normalized spacial score (nSPS) is 19.7. The van der Waals surface area contributed by atoms with Crippen molar-refractivity contribution in [1.82, 2.24) is 9.88 Å². The number of benzene rings is 2. The predicted molar refractivity (Wildman–Crippen MR) is 113 cm³/mol. The first kappa shape index (κ1) is 21.0. The zero-order valence-electron chi connectivity index (χ0n) is 17.2. The number of hydrogen-bond donors (Lipinski definition) is 0. The monoisotopic (exact) mass is 419 g/mol. The molecule has 3 atom stereocenters. The lowest BCUT2D eigenvalue weighted by Gasteiger charge is -2.25.